The molecule has 1 N–H and O–H groups in total. The summed E-state index contributed by atoms with van der Waals surface area (Å²) < 4.78 is 0.775. The van der Waals surface area contributed by atoms with Crippen LogP contribution in [-0.2, 0) is 0 Å². The van der Waals surface area contributed by atoms with Crippen molar-refractivity contribution in [2.45, 2.75) is 0 Å². The number of phenols is 1. The van der Waals surface area contributed by atoms with E-state index in [1.807, 2.05) is 0 Å². The maximum absolute atomic E-state index is 8.73. The Morgan fingerprint density at radius 3 is 2.62 bits per heavy atom. The van der Waals surface area contributed by atoms with E-state index in [-0.39, 0.29) is 5.75 Å². The van der Waals surface area contributed by atoms with Gasteiger partial charge in [-0.15, -0.1) is 0 Å². The molecule has 1 rings (SSSR count). The van der Waals surface area contributed by atoms with Crippen LogP contribution in [0.5, 0.6) is 5.75 Å². The van der Waals surface area contributed by atoms with Gasteiger partial charge in [-0.3, -0.25) is 0 Å². The van der Waals surface area contributed by atoms with Crippen LogP contribution in [0, 0.1) is 6.07 Å². The van der Waals surface area contributed by atoms with Crippen molar-refractivity contribution in [1.29, 1.82) is 0 Å². The third-order valence-electron chi connectivity index (χ3n) is 0.744. The van der Waals surface area contributed by atoms with Crippen molar-refractivity contribution in [2.24, 2.45) is 0 Å². The molecule has 0 aromatic heterocycles. The molecule has 0 saturated heterocycles. The van der Waals surface area contributed by atoms with E-state index in [9.17, 15) is 0 Å². The summed E-state index contributed by atoms with van der Waals surface area (Å²) in [5, 5.41) is 8.73. The van der Waals surface area contributed by atoms with E-state index in [1.165, 1.54) is 0 Å². The van der Waals surface area contributed by atoms with E-state index in [1.54, 1.807) is 18.2 Å². The molecule has 0 bridgehead atoms. The maximum Gasteiger partial charge on any atom is 0.124 e. The van der Waals surface area contributed by atoms with Crippen LogP contribution in [-0.4, -0.2) is 5.11 Å². The second kappa shape index (κ2) is 2.18. The third kappa shape index (κ3) is 1.23. The molecule has 0 heterocycles. The minimum absolute atomic E-state index is 0.166. The number of phenolic OH excluding ortho intramolecular Hbond substituents is 1. The van der Waals surface area contributed by atoms with Gasteiger partial charge in [0, 0.05) is 10.5 Å². The molecule has 0 saturated carbocycles. The van der Waals surface area contributed by atoms with Crippen LogP contribution in [0.15, 0.2) is 22.7 Å². The smallest absolute Gasteiger partial charge is 0.124 e. The number of hydrogen-bond acceptors (Lipinski definition) is 1. The topological polar surface area (TPSA) is 20.2 Å². The molecule has 41 valence electrons. The van der Waals surface area contributed by atoms with Crippen LogP contribution in [0.3, 0.4) is 0 Å². The molecule has 0 fully saturated rings. The maximum atomic E-state index is 8.73. The van der Waals surface area contributed by atoms with Gasteiger partial charge >= 0.3 is 0 Å². The van der Waals surface area contributed by atoms with Gasteiger partial charge in [-0.2, -0.15) is 0 Å². The lowest BCUT2D eigenvalue weighted by atomic mass is 10.3. The highest BCUT2D eigenvalue weighted by Gasteiger charge is 1.86. The highest BCUT2D eigenvalue weighted by Crippen LogP contribution is 2.14. The third-order valence-corrected chi connectivity index (χ3v) is 1.21. The van der Waals surface area contributed by atoms with Gasteiger partial charge in [0.25, 0.3) is 0 Å². The van der Waals surface area contributed by atoms with Crippen molar-refractivity contribution in [3.05, 3.63) is 28.7 Å². The van der Waals surface area contributed by atoms with Gasteiger partial charge in [0.1, 0.15) is 5.75 Å². The summed E-state index contributed by atoms with van der Waals surface area (Å²) >= 11 is 3.15. The first kappa shape index (κ1) is 5.63. The molecule has 1 aromatic rings. The summed E-state index contributed by atoms with van der Waals surface area (Å²) in [6.45, 7) is 0. The lowest BCUT2D eigenvalue weighted by Gasteiger charge is -1.87. The van der Waals surface area contributed by atoms with Crippen LogP contribution < -0.4 is 0 Å². The standard InChI is InChI=1S/C6H4BrO/c7-5-2-1-3-6(8)4-5/h1-3,8H. The predicted octanol–water partition coefficient (Wildman–Crippen LogP) is 1.95. The largest absolute Gasteiger partial charge is 0.507 e. The average Bonchev–Trinajstić information content (AvgIpc) is 1.64. The molecule has 0 aliphatic carbocycles. The zero-order valence-corrected chi connectivity index (χ0v) is 5.64. The summed E-state index contributed by atoms with van der Waals surface area (Å²) in [5.74, 6) is 0.166. The van der Waals surface area contributed by atoms with Crippen molar-refractivity contribution < 1.29 is 5.11 Å². The second-order valence-corrected chi connectivity index (χ2v) is 2.24. The van der Waals surface area contributed by atoms with E-state index in [0.29, 0.717) is 0 Å². The van der Waals surface area contributed by atoms with Crippen molar-refractivity contribution in [2.75, 3.05) is 0 Å². The first-order valence-corrected chi connectivity index (χ1v) is 2.95. The fourth-order valence-electron chi connectivity index (χ4n) is 0.429. The SMILES string of the molecule is Oc1[c]c(Br)ccc1. The molecule has 0 amide bonds. The summed E-state index contributed by atoms with van der Waals surface area (Å²) in [4.78, 5) is 0. The van der Waals surface area contributed by atoms with Gasteiger partial charge in [-0.1, -0.05) is 22.0 Å². The Morgan fingerprint density at radius 2 is 2.25 bits per heavy atom. The van der Waals surface area contributed by atoms with Crippen molar-refractivity contribution >= 4 is 15.9 Å². The summed E-state index contributed by atoms with van der Waals surface area (Å²) in [5.41, 5.74) is 0. The van der Waals surface area contributed by atoms with Crippen LogP contribution in [0.4, 0.5) is 0 Å². The minimum Gasteiger partial charge on any atom is -0.507 e. The molecule has 0 aliphatic rings. The molecular formula is C6H4BrO. The Bertz CT molecular complexity index is 168. The van der Waals surface area contributed by atoms with Crippen molar-refractivity contribution in [1.82, 2.24) is 0 Å². The van der Waals surface area contributed by atoms with Crippen molar-refractivity contribution in [3.63, 3.8) is 0 Å². The Labute approximate surface area is 56.1 Å². The number of hydrogen-bond donors (Lipinski definition) is 1. The highest BCUT2D eigenvalue weighted by atomic mass is 79.9. The average molecular weight is 172 g/mol. The number of benzene rings is 1. The molecule has 1 aromatic carbocycles. The molecule has 8 heavy (non-hydrogen) atoms. The van der Waals surface area contributed by atoms with E-state index in [0.717, 1.165) is 4.47 Å². The Kier molecular flexibility index (Phi) is 1.53. The van der Waals surface area contributed by atoms with Gasteiger partial charge < -0.3 is 5.11 Å². The molecule has 0 spiro atoms. The van der Waals surface area contributed by atoms with E-state index in [4.69, 9.17) is 5.11 Å². The van der Waals surface area contributed by atoms with Gasteiger partial charge in [-0.25, -0.2) is 0 Å². The van der Waals surface area contributed by atoms with Gasteiger partial charge in [-0.05, 0) is 12.1 Å². The van der Waals surface area contributed by atoms with Gasteiger partial charge in [0.2, 0.25) is 0 Å². The molecule has 1 radical (unpaired) electrons. The van der Waals surface area contributed by atoms with E-state index >= 15 is 0 Å². The summed E-state index contributed by atoms with van der Waals surface area (Å²) in [6.07, 6.45) is 0. The molecule has 1 nitrogen and oxygen atoms in total. The molecule has 0 unspecified atom stereocenters. The quantitative estimate of drug-likeness (QED) is 0.634. The zero-order chi connectivity index (χ0) is 5.98. The monoisotopic (exact) mass is 171 g/mol. The lowest BCUT2D eigenvalue weighted by molar-refractivity contribution is 0.474. The van der Waals surface area contributed by atoms with Gasteiger partial charge in [0.05, 0.1) is 0 Å². The predicted molar refractivity (Wildman–Crippen MR) is 34.6 cm³/mol. The number of rotatable bonds is 0. The Hall–Kier alpha value is -0.500. The van der Waals surface area contributed by atoms with Crippen LogP contribution >= 0.6 is 15.9 Å². The molecule has 0 aliphatic heterocycles. The second-order valence-electron chi connectivity index (χ2n) is 1.38. The highest BCUT2D eigenvalue weighted by molar-refractivity contribution is 9.10. The zero-order valence-electron chi connectivity index (χ0n) is 4.06. The molecular weight excluding hydrogens is 168 g/mol. The summed E-state index contributed by atoms with van der Waals surface area (Å²) in [6, 6.07) is 7.77. The molecule has 2 heteroatoms. The van der Waals surface area contributed by atoms with Gasteiger partial charge in [0.15, 0.2) is 0 Å². The fraction of sp³-hybridized carbons (Fsp3) is 0. The first-order valence-electron chi connectivity index (χ1n) is 2.16. The van der Waals surface area contributed by atoms with Crippen LogP contribution in [0.1, 0.15) is 0 Å². The number of halogens is 1. The van der Waals surface area contributed by atoms with E-state index in [2.05, 4.69) is 22.0 Å². The summed E-state index contributed by atoms with van der Waals surface area (Å²) in [7, 11) is 0. The first-order chi connectivity index (χ1) is 3.79. The fourth-order valence-corrected chi connectivity index (χ4v) is 0.785. The number of aromatic hydroxyl groups is 1. The minimum atomic E-state index is 0.166. The van der Waals surface area contributed by atoms with Crippen LogP contribution in [0.2, 0.25) is 0 Å². The van der Waals surface area contributed by atoms with Crippen molar-refractivity contribution in [3.8, 4) is 5.75 Å². The Balaban J connectivity index is 3.08. The van der Waals surface area contributed by atoms with E-state index < -0.39 is 0 Å². The normalized spacial score (nSPS) is 9.12. The lowest BCUT2D eigenvalue weighted by Crippen LogP contribution is -1.63. The Morgan fingerprint density at radius 1 is 1.50 bits per heavy atom. The van der Waals surface area contributed by atoms with Crippen LogP contribution in [0.25, 0.3) is 0 Å². The molecule has 0 atom stereocenters.